The van der Waals surface area contributed by atoms with Crippen molar-refractivity contribution in [2.24, 2.45) is 0 Å². The van der Waals surface area contributed by atoms with Gasteiger partial charge in [-0.3, -0.25) is 14.9 Å². The maximum Gasteiger partial charge on any atom is 0.271 e. The number of carbonyl (C=O) groups excluding carboxylic acids is 1. The minimum atomic E-state index is -0.565. The van der Waals surface area contributed by atoms with Crippen LogP contribution in [0.5, 0.6) is 0 Å². The third kappa shape index (κ3) is 3.65. The van der Waals surface area contributed by atoms with Crippen molar-refractivity contribution in [3.8, 4) is 0 Å². The van der Waals surface area contributed by atoms with Crippen molar-refractivity contribution in [1.82, 2.24) is 10.6 Å². The van der Waals surface area contributed by atoms with Gasteiger partial charge in [0, 0.05) is 35.3 Å². The number of nitrogens with zero attached hydrogens (tertiary/aromatic N) is 1. The molecule has 1 aliphatic rings. The van der Waals surface area contributed by atoms with Gasteiger partial charge in [-0.15, -0.1) is 0 Å². The Kier molecular flexibility index (Phi) is 4.34. The Hall–Kier alpha value is -1.66. The topological polar surface area (TPSA) is 84.3 Å². The van der Waals surface area contributed by atoms with E-state index in [-0.39, 0.29) is 28.2 Å². The summed E-state index contributed by atoms with van der Waals surface area (Å²) >= 11 is 5.78. The van der Waals surface area contributed by atoms with E-state index in [1.165, 1.54) is 18.2 Å². The first-order chi connectivity index (χ1) is 9.06. The van der Waals surface area contributed by atoms with Crippen LogP contribution in [-0.2, 0) is 0 Å². The van der Waals surface area contributed by atoms with Crippen LogP contribution in [0.25, 0.3) is 0 Å². The fourth-order valence-corrected chi connectivity index (χ4v) is 2.28. The summed E-state index contributed by atoms with van der Waals surface area (Å²) in [6.07, 6.45) is 1.90. The zero-order chi connectivity index (χ0) is 13.8. The zero-order valence-corrected chi connectivity index (χ0v) is 10.9. The Morgan fingerprint density at radius 1 is 1.47 bits per heavy atom. The number of halogens is 1. The molecule has 0 aromatic heterocycles. The van der Waals surface area contributed by atoms with E-state index in [2.05, 4.69) is 10.6 Å². The van der Waals surface area contributed by atoms with Crippen molar-refractivity contribution in [3.63, 3.8) is 0 Å². The van der Waals surface area contributed by atoms with Crippen molar-refractivity contribution >= 4 is 23.2 Å². The molecule has 0 aliphatic carbocycles. The van der Waals surface area contributed by atoms with E-state index in [1.807, 2.05) is 0 Å². The Balaban J connectivity index is 2.11. The summed E-state index contributed by atoms with van der Waals surface area (Å²) in [6, 6.07) is 3.94. The number of amides is 1. The number of carbonyl (C=O) groups is 1. The number of hydrogen-bond donors (Lipinski definition) is 2. The van der Waals surface area contributed by atoms with Gasteiger partial charge >= 0.3 is 0 Å². The minimum absolute atomic E-state index is 0.0549. The fourth-order valence-electron chi connectivity index (χ4n) is 2.05. The Morgan fingerprint density at radius 2 is 2.26 bits per heavy atom. The Bertz CT molecular complexity index is 501. The number of non-ortho nitro benzene ring substituents is 1. The average Bonchev–Trinajstić information content (AvgIpc) is 2.39. The predicted molar refractivity (Wildman–Crippen MR) is 71.5 cm³/mol. The van der Waals surface area contributed by atoms with Gasteiger partial charge in [-0.25, -0.2) is 0 Å². The number of hydrogen-bond acceptors (Lipinski definition) is 4. The van der Waals surface area contributed by atoms with Crippen LogP contribution in [0.15, 0.2) is 18.2 Å². The van der Waals surface area contributed by atoms with Gasteiger partial charge in [0.15, 0.2) is 0 Å². The van der Waals surface area contributed by atoms with Gasteiger partial charge in [-0.1, -0.05) is 11.6 Å². The summed E-state index contributed by atoms with van der Waals surface area (Å²) in [5.74, 6) is -0.334. The molecule has 19 heavy (non-hydrogen) atoms. The molecule has 0 spiro atoms. The number of nitrogens with one attached hydrogen (secondary N) is 2. The molecule has 0 radical (unpaired) electrons. The Labute approximate surface area is 115 Å². The summed E-state index contributed by atoms with van der Waals surface area (Å²) in [4.78, 5) is 22.2. The molecule has 102 valence electrons. The molecule has 1 atom stereocenters. The van der Waals surface area contributed by atoms with Crippen LogP contribution >= 0.6 is 11.6 Å². The van der Waals surface area contributed by atoms with Crippen LogP contribution in [0.3, 0.4) is 0 Å². The van der Waals surface area contributed by atoms with Crippen molar-refractivity contribution in [2.45, 2.75) is 18.9 Å². The standard InChI is InChI=1S/C12H14ClN3O3/c13-9-4-8(5-11(6-9)16(18)19)12(17)15-10-2-1-3-14-7-10/h4-6,10,14H,1-3,7H2,(H,15,17)/t10-/m0/s1. The number of piperidine rings is 1. The molecule has 1 saturated heterocycles. The van der Waals surface area contributed by atoms with Gasteiger partial charge in [-0.2, -0.15) is 0 Å². The van der Waals surface area contributed by atoms with E-state index in [0.717, 1.165) is 19.4 Å². The lowest BCUT2D eigenvalue weighted by atomic mass is 10.1. The van der Waals surface area contributed by atoms with E-state index < -0.39 is 4.92 Å². The van der Waals surface area contributed by atoms with E-state index in [0.29, 0.717) is 6.54 Å². The summed E-state index contributed by atoms with van der Waals surface area (Å²) in [6.45, 7) is 1.67. The van der Waals surface area contributed by atoms with Crippen LogP contribution in [-0.4, -0.2) is 30.0 Å². The van der Waals surface area contributed by atoms with Gasteiger partial charge in [0.25, 0.3) is 11.6 Å². The van der Waals surface area contributed by atoms with E-state index >= 15 is 0 Å². The predicted octanol–water partition coefficient (Wildman–Crippen LogP) is 1.73. The lowest BCUT2D eigenvalue weighted by Gasteiger charge is -2.23. The highest BCUT2D eigenvalue weighted by atomic mass is 35.5. The molecule has 7 heteroatoms. The van der Waals surface area contributed by atoms with Gasteiger partial charge < -0.3 is 10.6 Å². The van der Waals surface area contributed by atoms with Crippen molar-refractivity contribution in [2.75, 3.05) is 13.1 Å². The highest BCUT2D eigenvalue weighted by Gasteiger charge is 2.18. The number of rotatable bonds is 3. The molecule has 1 aromatic carbocycles. The van der Waals surface area contributed by atoms with Crippen LogP contribution in [0.4, 0.5) is 5.69 Å². The van der Waals surface area contributed by atoms with Crippen LogP contribution in [0.2, 0.25) is 5.02 Å². The first kappa shape index (κ1) is 13.8. The lowest BCUT2D eigenvalue weighted by Crippen LogP contribution is -2.45. The molecule has 1 fully saturated rings. The summed E-state index contributed by atoms with van der Waals surface area (Å²) in [5, 5.41) is 16.9. The maximum atomic E-state index is 12.0. The molecule has 1 amide bonds. The summed E-state index contributed by atoms with van der Waals surface area (Å²) in [7, 11) is 0. The van der Waals surface area contributed by atoms with Crippen LogP contribution in [0.1, 0.15) is 23.2 Å². The number of benzene rings is 1. The fraction of sp³-hybridized carbons (Fsp3) is 0.417. The molecule has 1 aliphatic heterocycles. The average molecular weight is 284 g/mol. The molecular formula is C12H14ClN3O3. The van der Waals surface area contributed by atoms with Crippen molar-refractivity contribution in [1.29, 1.82) is 0 Å². The number of nitro groups is 1. The minimum Gasteiger partial charge on any atom is -0.348 e. The molecule has 0 unspecified atom stereocenters. The largest absolute Gasteiger partial charge is 0.348 e. The van der Waals surface area contributed by atoms with E-state index in [1.54, 1.807) is 0 Å². The molecule has 2 N–H and O–H groups in total. The van der Waals surface area contributed by atoms with Crippen molar-refractivity contribution < 1.29 is 9.72 Å². The van der Waals surface area contributed by atoms with Crippen molar-refractivity contribution in [3.05, 3.63) is 38.9 Å². The normalized spacial score (nSPS) is 18.9. The second-order valence-corrected chi connectivity index (χ2v) is 4.91. The van der Waals surface area contributed by atoms with E-state index in [9.17, 15) is 14.9 Å². The first-order valence-electron chi connectivity index (χ1n) is 6.03. The number of nitro benzene ring substituents is 1. The molecular weight excluding hydrogens is 270 g/mol. The SMILES string of the molecule is O=C(N[C@H]1CCCNC1)c1cc(Cl)cc([N+](=O)[O-])c1. The molecule has 0 bridgehead atoms. The quantitative estimate of drug-likeness (QED) is 0.653. The van der Waals surface area contributed by atoms with Gasteiger partial charge in [0.1, 0.15) is 0 Å². The van der Waals surface area contributed by atoms with E-state index in [4.69, 9.17) is 11.6 Å². The Morgan fingerprint density at radius 3 is 2.89 bits per heavy atom. The third-order valence-corrected chi connectivity index (χ3v) is 3.21. The van der Waals surface area contributed by atoms with Crippen LogP contribution < -0.4 is 10.6 Å². The first-order valence-corrected chi connectivity index (χ1v) is 6.40. The second-order valence-electron chi connectivity index (χ2n) is 4.47. The van der Waals surface area contributed by atoms with Gasteiger partial charge in [0.05, 0.1) is 4.92 Å². The molecule has 2 rings (SSSR count). The second kappa shape index (κ2) is 5.99. The highest BCUT2D eigenvalue weighted by Crippen LogP contribution is 2.21. The molecule has 6 nitrogen and oxygen atoms in total. The summed E-state index contributed by atoms with van der Waals surface area (Å²) in [5.41, 5.74) is 0.0317. The highest BCUT2D eigenvalue weighted by molar-refractivity contribution is 6.31. The van der Waals surface area contributed by atoms with Crippen LogP contribution in [0, 0.1) is 10.1 Å². The zero-order valence-electron chi connectivity index (χ0n) is 10.2. The summed E-state index contributed by atoms with van der Waals surface area (Å²) < 4.78 is 0. The monoisotopic (exact) mass is 283 g/mol. The molecule has 0 saturated carbocycles. The smallest absolute Gasteiger partial charge is 0.271 e. The third-order valence-electron chi connectivity index (χ3n) is 2.99. The molecule has 1 aromatic rings. The lowest BCUT2D eigenvalue weighted by molar-refractivity contribution is -0.384. The van der Waals surface area contributed by atoms with Gasteiger partial charge in [-0.05, 0) is 25.5 Å². The maximum absolute atomic E-state index is 12.0. The van der Waals surface area contributed by atoms with Gasteiger partial charge in [0.2, 0.25) is 0 Å². The molecule has 1 heterocycles.